The van der Waals surface area contributed by atoms with E-state index in [1.165, 1.54) is 11.8 Å². The van der Waals surface area contributed by atoms with E-state index in [4.69, 9.17) is 10.7 Å². The largest absolute Gasteiger partial charge is 0.368 e. The van der Waals surface area contributed by atoms with E-state index in [0.29, 0.717) is 10.6 Å². The molecule has 0 unspecified atom stereocenters. The first-order valence-corrected chi connectivity index (χ1v) is 9.84. The lowest BCUT2D eigenvalue weighted by Gasteiger charge is -2.25. The first kappa shape index (κ1) is 20.8. The number of rotatable bonds is 7. The maximum Gasteiger partial charge on any atom is 0.235 e. The number of pyridine rings is 1. The lowest BCUT2D eigenvalue weighted by molar-refractivity contribution is -0.117. The molecule has 0 aliphatic rings. The second kappa shape index (κ2) is 8.92. The number of primary amides is 1. The number of carbonyl (C=O) groups is 1. The predicted molar refractivity (Wildman–Crippen MR) is 111 cm³/mol. The van der Waals surface area contributed by atoms with Gasteiger partial charge in [-0.25, -0.2) is 4.98 Å². The standard InChI is InChI=1S/C21H26N4OS/c1-6-15-16(12-22)21(24-20(25(4)5)17(15)13(2)3)27-18(19(23)26)14-10-8-7-9-11-14/h7-11,13,18H,6H2,1-5H3,(H2,23,26)/t18-/m1/s1. The molecule has 2 N–H and O–H groups in total. The van der Waals surface area contributed by atoms with E-state index in [1.807, 2.05) is 56.3 Å². The molecule has 2 rings (SSSR count). The van der Waals surface area contributed by atoms with Crippen molar-refractivity contribution in [3.63, 3.8) is 0 Å². The SMILES string of the molecule is CCc1c(C#N)c(S[C@@H](C(N)=O)c2ccccc2)nc(N(C)C)c1C(C)C. The minimum absolute atomic E-state index is 0.233. The summed E-state index contributed by atoms with van der Waals surface area (Å²) < 4.78 is 0. The summed E-state index contributed by atoms with van der Waals surface area (Å²) in [6, 6.07) is 11.7. The Morgan fingerprint density at radius 3 is 2.37 bits per heavy atom. The molecule has 1 aromatic carbocycles. The molecule has 1 aromatic heterocycles. The van der Waals surface area contributed by atoms with Gasteiger partial charge in [-0.3, -0.25) is 4.79 Å². The third-order valence-electron chi connectivity index (χ3n) is 4.35. The van der Waals surface area contributed by atoms with Gasteiger partial charge in [-0.1, -0.05) is 62.9 Å². The van der Waals surface area contributed by atoms with Crippen LogP contribution in [0.3, 0.4) is 0 Å². The Morgan fingerprint density at radius 2 is 1.93 bits per heavy atom. The number of nitrogens with two attached hydrogens (primary N) is 1. The Bertz CT molecular complexity index is 857. The summed E-state index contributed by atoms with van der Waals surface area (Å²) >= 11 is 1.25. The van der Waals surface area contributed by atoms with Crippen molar-refractivity contribution in [1.82, 2.24) is 4.98 Å². The Kier molecular flexibility index (Phi) is 6.86. The van der Waals surface area contributed by atoms with Gasteiger partial charge >= 0.3 is 0 Å². The Labute approximate surface area is 165 Å². The van der Waals surface area contributed by atoms with Crippen LogP contribution in [0.15, 0.2) is 35.4 Å². The van der Waals surface area contributed by atoms with Gasteiger partial charge in [0.25, 0.3) is 0 Å². The quantitative estimate of drug-likeness (QED) is 0.731. The van der Waals surface area contributed by atoms with Crippen LogP contribution < -0.4 is 10.6 Å². The van der Waals surface area contributed by atoms with Crippen molar-refractivity contribution >= 4 is 23.5 Å². The zero-order chi connectivity index (χ0) is 20.1. The fourth-order valence-corrected chi connectivity index (χ4v) is 4.21. The third-order valence-corrected chi connectivity index (χ3v) is 5.60. The number of aromatic nitrogens is 1. The molecule has 5 nitrogen and oxygen atoms in total. The second-order valence-corrected chi connectivity index (χ2v) is 7.93. The van der Waals surface area contributed by atoms with Crippen molar-refractivity contribution in [1.29, 1.82) is 5.26 Å². The monoisotopic (exact) mass is 382 g/mol. The molecule has 1 amide bonds. The highest BCUT2D eigenvalue weighted by Gasteiger charge is 2.26. The van der Waals surface area contributed by atoms with Crippen LogP contribution in [0.25, 0.3) is 0 Å². The minimum Gasteiger partial charge on any atom is -0.368 e. The van der Waals surface area contributed by atoms with Crippen LogP contribution in [-0.4, -0.2) is 25.0 Å². The van der Waals surface area contributed by atoms with E-state index < -0.39 is 11.2 Å². The molecule has 0 saturated carbocycles. The van der Waals surface area contributed by atoms with Gasteiger partial charge in [-0.2, -0.15) is 5.26 Å². The summed E-state index contributed by atoms with van der Waals surface area (Å²) in [5.41, 5.74) is 9.09. The number of thioether (sulfide) groups is 1. The van der Waals surface area contributed by atoms with Gasteiger partial charge in [0.05, 0.1) is 5.56 Å². The minimum atomic E-state index is -0.601. The summed E-state index contributed by atoms with van der Waals surface area (Å²) in [7, 11) is 3.88. The summed E-state index contributed by atoms with van der Waals surface area (Å²) in [4.78, 5) is 18.9. The van der Waals surface area contributed by atoms with Crippen molar-refractivity contribution in [2.45, 2.75) is 43.4 Å². The van der Waals surface area contributed by atoms with Crippen LogP contribution in [0.5, 0.6) is 0 Å². The summed E-state index contributed by atoms with van der Waals surface area (Å²) in [6.45, 7) is 6.25. The van der Waals surface area contributed by atoms with Gasteiger partial charge in [-0.05, 0) is 23.5 Å². The molecule has 0 aliphatic carbocycles. The molecular formula is C21H26N4OS. The number of nitrogens with zero attached hydrogens (tertiary/aromatic N) is 3. The molecule has 6 heteroatoms. The maximum atomic E-state index is 12.1. The molecule has 0 saturated heterocycles. The fraction of sp³-hybridized carbons (Fsp3) is 0.381. The topological polar surface area (TPSA) is 83.0 Å². The van der Waals surface area contributed by atoms with Gasteiger partial charge in [0.2, 0.25) is 5.91 Å². The highest BCUT2D eigenvalue weighted by Crippen LogP contribution is 2.41. The number of carbonyl (C=O) groups excluding carboxylic acids is 1. The summed E-state index contributed by atoms with van der Waals surface area (Å²) in [5, 5.41) is 9.80. The van der Waals surface area contributed by atoms with Crippen LogP contribution in [0.1, 0.15) is 54.2 Å². The van der Waals surface area contributed by atoms with Gasteiger partial charge in [-0.15, -0.1) is 0 Å². The number of nitriles is 1. The van der Waals surface area contributed by atoms with Crippen LogP contribution >= 0.6 is 11.8 Å². The normalized spacial score (nSPS) is 11.9. The summed E-state index contributed by atoms with van der Waals surface area (Å²) in [6.07, 6.45) is 0.722. The van der Waals surface area contributed by atoms with Gasteiger partial charge in [0, 0.05) is 19.7 Å². The van der Waals surface area contributed by atoms with Crippen LogP contribution in [-0.2, 0) is 11.2 Å². The number of amides is 1. The van der Waals surface area contributed by atoms with Gasteiger partial charge in [0.15, 0.2) is 0 Å². The zero-order valence-electron chi connectivity index (χ0n) is 16.5. The van der Waals surface area contributed by atoms with E-state index in [9.17, 15) is 10.1 Å². The molecule has 27 heavy (non-hydrogen) atoms. The molecule has 0 spiro atoms. The number of anilines is 1. The average Bonchev–Trinajstić information content (AvgIpc) is 2.64. The maximum absolute atomic E-state index is 12.1. The lowest BCUT2D eigenvalue weighted by atomic mass is 9.93. The molecule has 0 aliphatic heterocycles. The smallest absolute Gasteiger partial charge is 0.235 e. The highest BCUT2D eigenvalue weighted by atomic mass is 32.2. The lowest BCUT2D eigenvalue weighted by Crippen LogP contribution is -2.21. The first-order valence-electron chi connectivity index (χ1n) is 8.96. The number of hydrogen-bond donors (Lipinski definition) is 1. The molecule has 1 atom stereocenters. The predicted octanol–water partition coefficient (Wildman–Crippen LogP) is 4.02. The van der Waals surface area contributed by atoms with E-state index in [1.54, 1.807) is 0 Å². The van der Waals surface area contributed by atoms with E-state index in [0.717, 1.165) is 28.9 Å². The number of benzene rings is 1. The molecule has 0 radical (unpaired) electrons. The third kappa shape index (κ3) is 4.42. The molecule has 0 fully saturated rings. The Morgan fingerprint density at radius 1 is 1.30 bits per heavy atom. The Hall–Kier alpha value is -2.52. The van der Waals surface area contributed by atoms with E-state index >= 15 is 0 Å². The highest BCUT2D eigenvalue weighted by molar-refractivity contribution is 8.00. The van der Waals surface area contributed by atoms with Crippen LogP contribution in [0, 0.1) is 11.3 Å². The van der Waals surface area contributed by atoms with Crippen molar-refractivity contribution in [3.8, 4) is 6.07 Å². The van der Waals surface area contributed by atoms with E-state index in [2.05, 4.69) is 19.9 Å². The molecule has 142 valence electrons. The molecule has 2 aromatic rings. The van der Waals surface area contributed by atoms with Crippen molar-refractivity contribution in [2.24, 2.45) is 5.73 Å². The summed E-state index contributed by atoms with van der Waals surface area (Å²) in [5.74, 6) is 0.617. The molecular weight excluding hydrogens is 356 g/mol. The number of hydrogen-bond acceptors (Lipinski definition) is 5. The van der Waals surface area contributed by atoms with Gasteiger partial charge < -0.3 is 10.6 Å². The Balaban J connectivity index is 2.67. The fourth-order valence-electron chi connectivity index (χ4n) is 3.16. The first-order chi connectivity index (χ1) is 12.8. The van der Waals surface area contributed by atoms with Gasteiger partial charge in [0.1, 0.15) is 22.2 Å². The van der Waals surface area contributed by atoms with E-state index in [-0.39, 0.29) is 5.92 Å². The van der Waals surface area contributed by atoms with Crippen molar-refractivity contribution in [2.75, 3.05) is 19.0 Å². The zero-order valence-corrected chi connectivity index (χ0v) is 17.3. The van der Waals surface area contributed by atoms with Crippen LogP contribution in [0.4, 0.5) is 5.82 Å². The molecule has 1 heterocycles. The van der Waals surface area contributed by atoms with Crippen molar-refractivity contribution in [3.05, 3.63) is 52.6 Å². The molecule has 0 bridgehead atoms. The van der Waals surface area contributed by atoms with Crippen molar-refractivity contribution < 1.29 is 4.79 Å². The van der Waals surface area contributed by atoms with Crippen LogP contribution in [0.2, 0.25) is 0 Å². The second-order valence-electron chi connectivity index (χ2n) is 6.83. The average molecular weight is 383 g/mol.